The van der Waals surface area contributed by atoms with Crippen LogP contribution in [0.25, 0.3) is 0 Å². The van der Waals surface area contributed by atoms with Gasteiger partial charge in [0, 0.05) is 25.7 Å². The van der Waals surface area contributed by atoms with Crippen molar-refractivity contribution in [3.05, 3.63) is 0 Å². The lowest BCUT2D eigenvalue weighted by Crippen LogP contribution is -2.34. The minimum Gasteiger partial charge on any atom is -0.379 e. The van der Waals surface area contributed by atoms with Gasteiger partial charge in [-0.3, -0.25) is 9.59 Å². The van der Waals surface area contributed by atoms with E-state index in [0.29, 0.717) is 39.5 Å². The van der Waals surface area contributed by atoms with Crippen LogP contribution in [0.5, 0.6) is 0 Å². The molecule has 0 saturated carbocycles. The SMILES string of the molecule is CC(C)OCC(=O)N(F)CCCCCOCCOCCCCCOCC(F)CNC(=O)C(C)C. The van der Waals surface area contributed by atoms with Gasteiger partial charge in [0.05, 0.1) is 39.0 Å². The van der Waals surface area contributed by atoms with Crippen LogP contribution in [-0.4, -0.2) is 88.5 Å². The van der Waals surface area contributed by atoms with Gasteiger partial charge in [-0.15, -0.1) is 0 Å². The van der Waals surface area contributed by atoms with Gasteiger partial charge < -0.3 is 24.3 Å². The Bertz CT molecular complexity index is 512. The molecule has 0 spiro atoms. The summed E-state index contributed by atoms with van der Waals surface area (Å²) in [6.45, 7) is 9.66. The third-order valence-electron chi connectivity index (χ3n) is 4.72. The molecule has 0 bridgehead atoms. The molecule has 2 amide bonds. The van der Waals surface area contributed by atoms with E-state index in [-0.39, 0.29) is 49.4 Å². The Labute approximate surface area is 203 Å². The predicted molar refractivity (Wildman–Crippen MR) is 127 cm³/mol. The summed E-state index contributed by atoms with van der Waals surface area (Å²) in [5.74, 6) is -0.954. The monoisotopic (exact) mass is 496 g/mol. The molecule has 0 aromatic rings. The summed E-state index contributed by atoms with van der Waals surface area (Å²) in [4.78, 5) is 22.8. The molecule has 0 heterocycles. The summed E-state index contributed by atoms with van der Waals surface area (Å²) in [6, 6.07) is 0. The summed E-state index contributed by atoms with van der Waals surface area (Å²) in [5.41, 5.74) is 0. The van der Waals surface area contributed by atoms with E-state index in [9.17, 15) is 18.5 Å². The molecule has 0 radical (unpaired) electrons. The van der Waals surface area contributed by atoms with E-state index in [2.05, 4.69) is 5.32 Å². The molecular weight excluding hydrogens is 450 g/mol. The zero-order chi connectivity index (χ0) is 25.6. The van der Waals surface area contributed by atoms with Crippen LogP contribution in [0.3, 0.4) is 0 Å². The molecule has 1 unspecified atom stereocenters. The van der Waals surface area contributed by atoms with Crippen LogP contribution in [0.1, 0.15) is 66.2 Å². The highest BCUT2D eigenvalue weighted by molar-refractivity contribution is 5.77. The maximum absolute atomic E-state index is 13.6. The smallest absolute Gasteiger partial charge is 0.276 e. The Hall–Kier alpha value is -1.36. The van der Waals surface area contributed by atoms with Gasteiger partial charge in [0.2, 0.25) is 5.91 Å². The molecule has 0 fully saturated rings. The van der Waals surface area contributed by atoms with Crippen molar-refractivity contribution in [2.75, 3.05) is 59.3 Å². The molecule has 0 aromatic heterocycles. The molecule has 0 aliphatic carbocycles. The van der Waals surface area contributed by atoms with Crippen molar-refractivity contribution in [3.8, 4) is 0 Å². The standard InChI is InChI=1S/C24H46F2N2O6/c1-20(2)24(30)27-17-22(25)18-33-14-10-6-9-13-32-16-15-31-12-8-5-7-11-28(26)23(29)19-34-21(3)4/h20-22H,5-19H2,1-4H3,(H,27,30). The number of halogens is 2. The van der Waals surface area contributed by atoms with Crippen molar-refractivity contribution in [1.29, 1.82) is 0 Å². The summed E-state index contributed by atoms with van der Waals surface area (Å²) in [6.07, 6.45) is 3.52. The van der Waals surface area contributed by atoms with E-state index < -0.39 is 12.1 Å². The van der Waals surface area contributed by atoms with Crippen LogP contribution in [0.2, 0.25) is 0 Å². The minimum absolute atomic E-state index is 0.0103. The first kappa shape index (κ1) is 32.6. The van der Waals surface area contributed by atoms with E-state index >= 15 is 0 Å². The molecule has 0 aliphatic heterocycles. The number of carbonyl (C=O) groups excluding carboxylic acids is 2. The number of ether oxygens (including phenoxy) is 4. The van der Waals surface area contributed by atoms with Gasteiger partial charge in [-0.1, -0.05) is 18.3 Å². The predicted octanol–water partition coefficient (Wildman–Crippen LogP) is 3.63. The second kappa shape index (κ2) is 22.1. The maximum atomic E-state index is 13.6. The molecule has 0 aromatic carbocycles. The molecule has 34 heavy (non-hydrogen) atoms. The zero-order valence-corrected chi connectivity index (χ0v) is 21.5. The van der Waals surface area contributed by atoms with Crippen LogP contribution in [0, 0.1) is 5.92 Å². The Morgan fingerprint density at radius 3 is 1.94 bits per heavy atom. The summed E-state index contributed by atoms with van der Waals surface area (Å²) in [5, 5.41) is 2.77. The fraction of sp³-hybridized carbons (Fsp3) is 0.917. The lowest BCUT2D eigenvalue weighted by atomic mass is 10.2. The number of hydrogen-bond acceptors (Lipinski definition) is 6. The molecule has 0 saturated heterocycles. The molecule has 0 rings (SSSR count). The van der Waals surface area contributed by atoms with Gasteiger partial charge in [-0.05, 0) is 52.4 Å². The van der Waals surface area contributed by atoms with Crippen LogP contribution < -0.4 is 5.32 Å². The number of nitrogens with zero attached hydrogens (tertiary/aromatic N) is 1. The van der Waals surface area contributed by atoms with Gasteiger partial charge in [-0.2, -0.15) is 5.12 Å². The Morgan fingerprint density at radius 2 is 1.38 bits per heavy atom. The molecular formula is C24H46F2N2O6. The van der Waals surface area contributed by atoms with Crippen LogP contribution in [0.4, 0.5) is 8.87 Å². The number of amides is 2. The highest BCUT2D eigenvalue weighted by atomic mass is 19.2. The molecule has 1 N–H and O–H groups in total. The van der Waals surface area contributed by atoms with E-state index in [1.807, 2.05) is 0 Å². The molecule has 10 heteroatoms. The van der Waals surface area contributed by atoms with Gasteiger partial charge in [0.25, 0.3) is 5.91 Å². The highest BCUT2D eigenvalue weighted by Crippen LogP contribution is 2.02. The fourth-order valence-corrected chi connectivity index (χ4v) is 2.66. The van der Waals surface area contributed by atoms with Gasteiger partial charge in [0.1, 0.15) is 12.8 Å². The van der Waals surface area contributed by atoms with Crippen LogP contribution in [-0.2, 0) is 28.5 Å². The van der Waals surface area contributed by atoms with E-state index in [1.165, 1.54) is 0 Å². The van der Waals surface area contributed by atoms with Gasteiger partial charge >= 0.3 is 0 Å². The summed E-state index contributed by atoms with van der Waals surface area (Å²) < 4.78 is 48.5. The van der Waals surface area contributed by atoms with E-state index in [4.69, 9.17) is 18.9 Å². The van der Waals surface area contributed by atoms with Crippen molar-refractivity contribution in [2.45, 2.75) is 78.5 Å². The lowest BCUT2D eigenvalue weighted by molar-refractivity contribution is -0.153. The number of hydrogen-bond donors (Lipinski definition) is 1. The van der Waals surface area contributed by atoms with Crippen LogP contribution in [0.15, 0.2) is 0 Å². The molecule has 1 atom stereocenters. The number of nitrogens with one attached hydrogen (secondary N) is 1. The van der Waals surface area contributed by atoms with E-state index in [0.717, 1.165) is 32.1 Å². The Morgan fingerprint density at radius 1 is 0.824 bits per heavy atom. The second-order valence-electron chi connectivity index (χ2n) is 8.76. The molecule has 202 valence electrons. The second-order valence-corrected chi connectivity index (χ2v) is 8.76. The normalized spacial score (nSPS) is 12.4. The fourth-order valence-electron chi connectivity index (χ4n) is 2.66. The average molecular weight is 497 g/mol. The molecule has 0 aliphatic rings. The van der Waals surface area contributed by atoms with Gasteiger partial charge in [0.15, 0.2) is 0 Å². The van der Waals surface area contributed by atoms with Crippen molar-refractivity contribution < 1.29 is 37.4 Å². The van der Waals surface area contributed by atoms with Crippen molar-refractivity contribution in [3.63, 3.8) is 0 Å². The Balaban J connectivity index is 3.31. The lowest BCUT2D eigenvalue weighted by Gasteiger charge is -2.13. The highest BCUT2D eigenvalue weighted by Gasteiger charge is 2.13. The first-order chi connectivity index (χ1) is 16.2. The number of alkyl halides is 1. The number of unbranched alkanes of at least 4 members (excludes halogenated alkanes) is 4. The first-order valence-corrected chi connectivity index (χ1v) is 12.5. The van der Waals surface area contributed by atoms with Gasteiger partial charge in [-0.25, -0.2) is 4.39 Å². The third kappa shape index (κ3) is 21.2. The first-order valence-electron chi connectivity index (χ1n) is 12.5. The number of carbonyl (C=O) groups is 2. The quantitative estimate of drug-likeness (QED) is 0.172. The Kier molecular flexibility index (Phi) is 21.2. The topological polar surface area (TPSA) is 86.3 Å². The summed E-state index contributed by atoms with van der Waals surface area (Å²) in [7, 11) is 0. The molecule has 8 nitrogen and oxygen atoms in total. The zero-order valence-electron chi connectivity index (χ0n) is 21.5. The van der Waals surface area contributed by atoms with Crippen molar-refractivity contribution >= 4 is 11.8 Å². The summed E-state index contributed by atoms with van der Waals surface area (Å²) >= 11 is 0. The van der Waals surface area contributed by atoms with Crippen molar-refractivity contribution in [1.82, 2.24) is 10.4 Å². The number of rotatable bonds is 23. The van der Waals surface area contributed by atoms with Crippen LogP contribution >= 0.6 is 0 Å². The minimum atomic E-state index is -1.19. The average Bonchev–Trinajstić information content (AvgIpc) is 2.80. The van der Waals surface area contributed by atoms with Crippen molar-refractivity contribution in [2.24, 2.45) is 5.92 Å². The largest absolute Gasteiger partial charge is 0.379 e. The van der Waals surface area contributed by atoms with E-state index in [1.54, 1.807) is 27.7 Å². The third-order valence-corrected chi connectivity index (χ3v) is 4.72. The maximum Gasteiger partial charge on any atom is 0.276 e.